The van der Waals surface area contributed by atoms with Crippen LogP contribution in [0.15, 0.2) is 48.5 Å². The first-order valence-electron chi connectivity index (χ1n) is 8.90. The molecule has 3 N–H and O–H groups in total. The van der Waals surface area contributed by atoms with Gasteiger partial charge in [-0.15, -0.1) is 24.8 Å². The van der Waals surface area contributed by atoms with Crippen molar-refractivity contribution in [3.63, 3.8) is 0 Å². The summed E-state index contributed by atoms with van der Waals surface area (Å²) < 4.78 is 0. The molecular formula is C21H25Cl3N4. The Bertz CT molecular complexity index is 882. The number of halogens is 3. The molecule has 0 fully saturated rings. The zero-order valence-corrected chi connectivity index (χ0v) is 17.9. The second kappa shape index (κ2) is 12.6. The summed E-state index contributed by atoms with van der Waals surface area (Å²) in [6.45, 7) is 1.62. The van der Waals surface area contributed by atoms with Gasteiger partial charge in [-0.1, -0.05) is 48.4 Å². The van der Waals surface area contributed by atoms with Gasteiger partial charge in [0.15, 0.2) is 5.82 Å². The van der Waals surface area contributed by atoms with Gasteiger partial charge in [0, 0.05) is 17.0 Å². The number of aromatic nitrogens is 2. The van der Waals surface area contributed by atoms with Crippen LogP contribution in [0.1, 0.15) is 30.7 Å². The Morgan fingerprint density at radius 1 is 0.893 bits per heavy atom. The summed E-state index contributed by atoms with van der Waals surface area (Å²) in [5.74, 6) is 1.56. The van der Waals surface area contributed by atoms with E-state index in [-0.39, 0.29) is 24.8 Å². The number of nitrogens with zero attached hydrogens (tertiary/aromatic N) is 2. The Morgan fingerprint density at radius 3 is 2.39 bits per heavy atom. The highest BCUT2D eigenvalue weighted by Crippen LogP contribution is 2.21. The van der Waals surface area contributed by atoms with Crippen LogP contribution in [0.25, 0.3) is 23.1 Å². The molecule has 0 saturated carbocycles. The third kappa shape index (κ3) is 6.95. The molecule has 0 aliphatic heterocycles. The number of nitrogens with two attached hydrogens (primary N) is 1. The van der Waals surface area contributed by atoms with Crippen molar-refractivity contribution in [1.82, 2.24) is 9.97 Å². The van der Waals surface area contributed by atoms with Crippen molar-refractivity contribution >= 4 is 65.3 Å². The molecule has 2 aromatic carbocycles. The Kier molecular flexibility index (Phi) is 10.9. The van der Waals surface area contributed by atoms with Crippen molar-refractivity contribution in [1.29, 1.82) is 0 Å². The number of para-hydroxylation sites is 1. The summed E-state index contributed by atoms with van der Waals surface area (Å²) in [6.07, 6.45) is 7.17. The van der Waals surface area contributed by atoms with E-state index in [1.807, 2.05) is 60.7 Å². The van der Waals surface area contributed by atoms with Gasteiger partial charge in [-0.2, -0.15) is 0 Å². The summed E-state index contributed by atoms with van der Waals surface area (Å²) in [7, 11) is 0. The average molecular weight is 440 g/mol. The molecule has 0 amide bonds. The fourth-order valence-electron chi connectivity index (χ4n) is 2.70. The molecule has 0 aliphatic rings. The van der Waals surface area contributed by atoms with Crippen molar-refractivity contribution in [2.45, 2.75) is 19.3 Å². The maximum atomic E-state index is 5.93. The standard InChI is InChI=1S/C21H23ClN4.2ClH/c22-17-11-8-16(9-12-17)10-13-20-25-19-7-3-2-6-18(19)21(26-20)24-15-5-1-4-14-23;;/h2-3,6-13H,1,4-5,14-15,23H2,(H,24,25,26);2*1H. The number of nitrogens with one attached hydrogen (secondary N) is 1. The first kappa shape index (κ1) is 24.2. The van der Waals surface area contributed by atoms with Gasteiger partial charge >= 0.3 is 0 Å². The minimum atomic E-state index is 0. The van der Waals surface area contributed by atoms with Gasteiger partial charge in [0.2, 0.25) is 0 Å². The molecule has 0 spiro atoms. The minimum absolute atomic E-state index is 0. The fourth-order valence-corrected chi connectivity index (χ4v) is 2.83. The van der Waals surface area contributed by atoms with E-state index in [9.17, 15) is 0 Å². The minimum Gasteiger partial charge on any atom is -0.369 e. The largest absolute Gasteiger partial charge is 0.369 e. The van der Waals surface area contributed by atoms with Crippen molar-refractivity contribution in [2.24, 2.45) is 5.73 Å². The Labute approximate surface area is 183 Å². The lowest BCUT2D eigenvalue weighted by Gasteiger charge is -2.09. The molecule has 0 unspecified atom stereocenters. The first-order valence-corrected chi connectivity index (χ1v) is 9.28. The molecule has 0 radical (unpaired) electrons. The summed E-state index contributed by atoms with van der Waals surface area (Å²) >= 11 is 5.93. The molecule has 28 heavy (non-hydrogen) atoms. The quantitative estimate of drug-likeness (QED) is 0.433. The third-order valence-corrected chi connectivity index (χ3v) is 4.34. The lowest BCUT2D eigenvalue weighted by Crippen LogP contribution is -2.07. The maximum absolute atomic E-state index is 5.93. The van der Waals surface area contributed by atoms with Crippen LogP contribution in [0, 0.1) is 0 Å². The van der Waals surface area contributed by atoms with Crippen molar-refractivity contribution in [3.8, 4) is 0 Å². The van der Waals surface area contributed by atoms with Crippen LogP contribution >= 0.6 is 36.4 Å². The van der Waals surface area contributed by atoms with Crippen molar-refractivity contribution < 1.29 is 0 Å². The number of fused-ring (bicyclic) bond motifs is 1. The molecule has 150 valence electrons. The zero-order chi connectivity index (χ0) is 18.2. The molecule has 0 saturated heterocycles. The molecule has 1 heterocycles. The lowest BCUT2D eigenvalue weighted by molar-refractivity contribution is 0.706. The van der Waals surface area contributed by atoms with E-state index < -0.39 is 0 Å². The van der Waals surface area contributed by atoms with Crippen LogP contribution in [0.2, 0.25) is 5.02 Å². The Hall–Kier alpha value is -1.85. The van der Waals surface area contributed by atoms with Gasteiger partial charge in [-0.3, -0.25) is 0 Å². The second-order valence-corrected chi connectivity index (χ2v) is 6.54. The molecule has 3 rings (SSSR count). The highest BCUT2D eigenvalue weighted by Gasteiger charge is 2.05. The van der Waals surface area contributed by atoms with E-state index in [0.717, 1.165) is 59.7 Å². The third-order valence-electron chi connectivity index (χ3n) is 4.09. The average Bonchev–Trinajstić information content (AvgIpc) is 2.67. The monoisotopic (exact) mass is 438 g/mol. The van der Waals surface area contributed by atoms with Crippen LogP contribution in [0.5, 0.6) is 0 Å². The van der Waals surface area contributed by atoms with E-state index >= 15 is 0 Å². The molecule has 0 aliphatic carbocycles. The van der Waals surface area contributed by atoms with E-state index in [4.69, 9.17) is 22.3 Å². The zero-order valence-electron chi connectivity index (χ0n) is 15.5. The van der Waals surface area contributed by atoms with Crippen LogP contribution in [0.4, 0.5) is 5.82 Å². The number of rotatable bonds is 8. The highest BCUT2D eigenvalue weighted by atomic mass is 35.5. The maximum Gasteiger partial charge on any atom is 0.154 e. The SMILES string of the molecule is Cl.Cl.NCCCCCNc1nc(C=Cc2ccc(Cl)cc2)nc2ccccc12. The summed E-state index contributed by atoms with van der Waals surface area (Å²) in [5, 5.41) is 5.21. The smallest absolute Gasteiger partial charge is 0.154 e. The molecule has 1 aromatic heterocycles. The fraction of sp³-hybridized carbons (Fsp3) is 0.238. The van der Waals surface area contributed by atoms with Gasteiger partial charge in [0.25, 0.3) is 0 Å². The van der Waals surface area contributed by atoms with Gasteiger partial charge in [0.05, 0.1) is 5.52 Å². The summed E-state index contributed by atoms with van der Waals surface area (Å²) in [6, 6.07) is 15.7. The number of hydrogen-bond acceptors (Lipinski definition) is 4. The van der Waals surface area contributed by atoms with Crippen LogP contribution in [0.3, 0.4) is 0 Å². The van der Waals surface area contributed by atoms with E-state index in [1.165, 1.54) is 0 Å². The predicted molar refractivity (Wildman–Crippen MR) is 126 cm³/mol. The summed E-state index contributed by atoms with van der Waals surface area (Å²) in [4.78, 5) is 9.34. The van der Waals surface area contributed by atoms with E-state index in [0.29, 0.717) is 5.82 Å². The Balaban J connectivity index is 0.00000196. The van der Waals surface area contributed by atoms with E-state index in [1.54, 1.807) is 0 Å². The van der Waals surface area contributed by atoms with Crippen LogP contribution < -0.4 is 11.1 Å². The van der Waals surface area contributed by atoms with E-state index in [2.05, 4.69) is 10.3 Å². The molecule has 3 aromatic rings. The predicted octanol–water partition coefficient (Wildman–Crippen LogP) is 5.84. The van der Waals surface area contributed by atoms with Crippen LogP contribution in [-0.4, -0.2) is 23.1 Å². The number of unbranched alkanes of at least 4 members (excludes halogenated alkanes) is 2. The molecule has 7 heteroatoms. The number of anilines is 1. The molecule has 0 bridgehead atoms. The highest BCUT2D eigenvalue weighted by molar-refractivity contribution is 6.30. The van der Waals surface area contributed by atoms with Gasteiger partial charge < -0.3 is 11.1 Å². The normalized spacial score (nSPS) is 10.5. The Morgan fingerprint density at radius 2 is 1.64 bits per heavy atom. The topological polar surface area (TPSA) is 63.8 Å². The van der Waals surface area contributed by atoms with Crippen molar-refractivity contribution in [3.05, 3.63) is 64.9 Å². The molecule has 0 atom stereocenters. The van der Waals surface area contributed by atoms with Gasteiger partial charge in [0.1, 0.15) is 5.82 Å². The first-order chi connectivity index (χ1) is 12.8. The molecule has 4 nitrogen and oxygen atoms in total. The van der Waals surface area contributed by atoms with Crippen LogP contribution in [-0.2, 0) is 0 Å². The summed E-state index contributed by atoms with van der Waals surface area (Å²) in [5.41, 5.74) is 7.54. The lowest BCUT2D eigenvalue weighted by atomic mass is 10.2. The number of hydrogen-bond donors (Lipinski definition) is 2. The van der Waals surface area contributed by atoms with Gasteiger partial charge in [-0.25, -0.2) is 9.97 Å². The van der Waals surface area contributed by atoms with Crippen molar-refractivity contribution in [2.75, 3.05) is 18.4 Å². The van der Waals surface area contributed by atoms with Gasteiger partial charge in [-0.05, 0) is 55.3 Å². The molecular weight excluding hydrogens is 415 g/mol. The number of benzene rings is 2. The second-order valence-electron chi connectivity index (χ2n) is 6.11.